The number of carbonyl (C=O) groups excluding carboxylic acids is 1. The molecule has 0 bridgehead atoms. The molecule has 0 radical (unpaired) electrons. The molecule has 1 N–H and O–H groups in total. The summed E-state index contributed by atoms with van der Waals surface area (Å²) in [5, 5.41) is 3.11. The molecule has 7 heteroatoms. The fraction of sp³-hybridized carbons (Fsp3) is 0.706. The number of hydrogen-bond donors (Lipinski definition) is 1. The number of carbonyl (C=O) groups is 1. The van der Waals surface area contributed by atoms with Crippen LogP contribution in [0.3, 0.4) is 0 Å². The zero-order chi connectivity index (χ0) is 16.4. The lowest BCUT2D eigenvalue weighted by molar-refractivity contribution is -0.0220. The molecule has 4 rings (SSSR count). The van der Waals surface area contributed by atoms with Gasteiger partial charge < -0.3 is 14.8 Å². The van der Waals surface area contributed by atoms with E-state index in [1.165, 1.54) is 12.4 Å². The number of rotatable bonds is 4. The maximum atomic E-state index is 12.4. The standard InChI is InChI=1S/C17H24N4O3/c22-17(13-8-18-4-5-19-13)20-14-10-21(9-12-3-7-23-11-12)15-2-1-6-24-16(14)15/h4-5,8,12,14-16H,1-3,6-7,9-11H2,(H,20,22)/t12?,14-,15-,16-/m1/s1. The van der Waals surface area contributed by atoms with Crippen molar-refractivity contribution in [2.45, 2.75) is 37.5 Å². The van der Waals surface area contributed by atoms with Gasteiger partial charge >= 0.3 is 0 Å². The van der Waals surface area contributed by atoms with Crippen LogP contribution in [0.25, 0.3) is 0 Å². The van der Waals surface area contributed by atoms with Crippen LogP contribution in [-0.4, -0.2) is 71.9 Å². The molecule has 7 nitrogen and oxygen atoms in total. The third-order valence-corrected chi connectivity index (χ3v) is 5.26. The number of fused-ring (bicyclic) bond motifs is 1. The van der Waals surface area contributed by atoms with E-state index in [0.29, 0.717) is 17.7 Å². The van der Waals surface area contributed by atoms with E-state index >= 15 is 0 Å². The van der Waals surface area contributed by atoms with Crippen molar-refractivity contribution in [3.05, 3.63) is 24.3 Å². The fourth-order valence-corrected chi connectivity index (χ4v) is 4.11. The highest BCUT2D eigenvalue weighted by atomic mass is 16.5. The Bertz CT molecular complexity index is 564. The molecule has 3 aliphatic rings. The van der Waals surface area contributed by atoms with Crippen LogP contribution >= 0.6 is 0 Å². The van der Waals surface area contributed by atoms with E-state index in [9.17, 15) is 4.79 Å². The third kappa shape index (κ3) is 3.29. The molecular formula is C17H24N4O3. The first-order valence-electron chi connectivity index (χ1n) is 8.81. The van der Waals surface area contributed by atoms with Gasteiger partial charge in [-0.2, -0.15) is 0 Å². The summed E-state index contributed by atoms with van der Waals surface area (Å²) in [6.07, 6.45) is 8.03. The third-order valence-electron chi connectivity index (χ3n) is 5.26. The van der Waals surface area contributed by atoms with E-state index in [0.717, 1.165) is 52.2 Å². The normalized spacial score (nSPS) is 33.3. The highest BCUT2D eigenvalue weighted by Crippen LogP contribution is 2.30. The van der Waals surface area contributed by atoms with Gasteiger partial charge in [0.05, 0.1) is 24.9 Å². The maximum absolute atomic E-state index is 12.4. The Morgan fingerprint density at radius 2 is 2.29 bits per heavy atom. The number of nitrogens with one attached hydrogen (secondary N) is 1. The van der Waals surface area contributed by atoms with Crippen LogP contribution < -0.4 is 5.32 Å². The Balaban J connectivity index is 1.43. The summed E-state index contributed by atoms with van der Waals surface area (Å²) in [5.74, 6) is 0.425. The summed E-state index contributed by atoms with van der Waals surface area (Å²) in [4.78, 5) is 23.0. The Kier molecular flexibility index (Phi) is 4.73. The first kappa shape index (κ1) is 15.9. The summed E-state index contributed by atoms with van der Waals surface area (Å²) in [5.41, 5.74) is 0.354. The molecule has 1 amide bonds. The number of hydrogen-bond acceptors (Lipinski definition) is 6. The van der Waals surface area contributed by atoms with E-state index < -0.39 is 0 Å². The second-order valence-corrected chi connectivity index (χ2v) is 6.90. The summed E-state index contributed by atoms with van der Waals surface area (Å²) in [7, 11) is 0. The van der Waals surface area contributed by atoms with Crippen molar-refractivity contribution in [1.82, 2.24) is 20.2 Å². The number of amides is 1. The van der Waals surface area contributed by atoms with Gasteiger partial charge in [-0.25, -0.2) is 4.98 Å². The van der Waals surface area contributed by atoms with Crippen molar-refractivity contribution >= 4 is 5.91 Å². The molecule has 1 aromatic rings. The molecule has 0 spiro atoms. The fourth-order valence-electron chi connectivity index (χ4n) is 4.11. The Morgan fingerprint density at radius 1 is 1.33 bits per heavy atom. The highest BCUT2D eigenvalue weighted by Gasteiger charge is 2.45. The lowest BCUT2D eigenvalue weighted by Gasteiger charge is -2.33. The van der Waals surface area contributed by atoms with E-state index in [2.05, 4.69) is 20.2 Å². The zero-order valence-corrected chi connectivity index (χ0v) is 13.8. The van der Waals surface area contributed by atoms with Gasteiger partial charge in [-0.1, -0.05) is 0 Å². The van der Waals surface area contributed by atoms with E-state index in [-0.39, 0.29) is 18.1 Å². The minimum Gasteiger partial charge on any atom is -0.381 e. The number of likely N-dealkylation sites (tertiary alicyclic amines) is 1. The van der Waals surface area contributed by atoms with Gasteiger partial charge in [0.25, 0.3) is 5.91 Å². The quantitative estimate of drug-likeness (QED) is 0.864. The van der Waals surface area contributed by atoms with Gasteiger partial charge in [0.2, 0.25) is 0 Å². The van der Waals surface area contributed by atoms with Crippen molar-refractivity contribution in [2.75, 3.05) is 32.9 Å². The minimum absolute atomic E-state index is 0.00660. The van der Waals surface area contributed by atoms with E-state index in [4.69, 9.17) is 9.47 Å². The molecule has 0 aliphatic carbocycles. The molecule has 1 unspecified atom stereocenters. The van der Waals surface area contributed by atoms with Crippen molar-refractivity contribution in [3.8, 4) is 0 Å². The average Bonchev–Trinajstić information content (AvgIpc) is 3.25. The summed E-state index contributed by atoms with van der Waals surface area (Å²) in [6, 6.07) is 0.402. The van der Waals surface area contributed by atoms with Gasteiger partial charge in [0.15, 0.2) is 0 Å². The average molecular weight is 332 g/mol. The zero-order valence-electron chi connectivity index (χ0n) is 13.8. The second kappa shape index (κ2) is 7.13. The summed E-state index contributed by atoms with van der Waals surface area (Å²) in [6.45, 7) is 4.36. The summed E-state index contributed by atoms with van der Waals surface area (Å²) < 4.78 is 11.5. The number of nitrogens with zero attached hydrogens (tertiary/aromatic N) is 3. The van der Waals surface area contributed by atoms with Crippen molar-refractivity contribution in [3.63, 3.8) is 0 Å². The number of aromatic nitrogens is 2. The van der Waals surface area contributed by atoms with Gasteiger partial charge in [-0.05, 0) is 25.2 Å². The molecule has 0 saturated carbocycles. The van der Waals surface area contributed by atoms with Crippen LogP contribution in [0, 0.1) is 5.92 Å². The Hall–Kier alpha value is -1.57. The van der Waals surface area contributed by atoms with E-state index in [1.54, 1.807) is 6.20 Å². The van der Waals surface area contributed by atoms with Crippen LogP contribution in [0.1, 0.15) is 29.8 Å². The van der Waals surface area contributed by atoms with Gasteiger partial charge in [-0.3, -0.25) is 14.7 Å². The van der Waals surface area contributed by atoms with Gasteiger partial charge in [-0.15, -0.1) is 0 Å². The Labute approximate surface area is 141 Å². The van der Waals surface area contributed by atoms with Crippen LogP contribution in [0.2, 0.25) is 0 Å². The predicted octanol–water partition coefficient (Wildman–Crippen LogP) is 0.475. The second-order valence-electron chi connectivity index (χ2n) is 6.90. The summed E-state index contributed by atoms with van der Waals surface area (Å²) >= 11 is 0. The lowest BCUT2D eigenvalue weighted by atomic mass is 10.00. The van der Waals surface area contributed by atoms with Gasteiger partial charge in [0.1, 0.15) is 5.69 Å². The first-order valence-corrected chi connectivity index (χ1v) is 8.81. The first-order chi connectivity index (χ1) is 11.8. The smallest absolute Gasteiger partial charge is 0.271 e. The van der Waals surface area contributed by atoms with Crippen molar-refractivity contribution < 1.29 is 14.3 Å². The molecule has 3 aliphatic heterocycles. The van der Waals surface area contributed by atoms with Crippen LogP contribution in [0.4, 0.5) is 0 Å². The highest BCUT2D eigenvalue weighted by molar-refractivity contribution is 5.92. The molecule has 4 heterocycles. The molecule has 4 atom stereocenters. The van der Waals surface area contributed by atoms with Crippen LogP contribution in [-0.2, 0) is 9.47 Å². The topological polar surface area (TPSA) is 76.6 Å². The minimum atomic E-state index is -0.174. The molecule has 24 heavy (non-hydrogen) atoms. The maximum Gasteiger partial charge on any atom is 0.271 e. The molecule has 3 fully saturated rings. The monoisotopic (exact) mass is 332 g/mol. The predicted molar refractivity (Wildman–Crippen MR) is 86.5 cm³/mol. The molecule has 3 saturated heterocycles. The van der Waals surface area contributed by atoms with Crippen LogP contribution in [0.15, 0.2) is 18.6 Å². The lowest BCUT2D eigenvalue weighted by Crippen LogP contribution is -2.47. The van der Waals surface area contributed by atoms with Crippen molar-refractivity contribution in [1.29, 1.82) is 0 Å². The molecular weight excluding hydrogens is 308 g/mol. The largest absolute Gasteiger partial charge is 0.381 e. The van der Waals surface area contributed by atoms with Gasteiger partial charge in [0, 0.05) is 44.7 Å². The molecule has 130 valence electrons. The van der Waals surface area contributed by atoms with Crippen molar-refractivity contribution in [2.24, 2.45) is 5.92 Å². The van der Waals surface area contributed by atoms with Crippen LogP contribution in [0.5, 0.6) is 0 Å². The molecule has 0 aromatic carbocycles. The number of ether oxygens (including phenoxy) is 2. The Morgan fingerprint density at radius 3 is 3.08 bits per heavy atom. The molecule has 1 aromatic heterocycles. The SMILES string of the molecule is O=C(N[C@@H]1CN(CC2CCOC2)[C@@H]2CCCO[C@@H]21)c1cnccn1. The van der Waals surface area contributed by atoms with E-state index in [1.807, 2.05) is 0 Å².